The Bertz CT molecular complexity index is 774. The molecule has 0 amide bonds. The van der Waals surface area contributed by atoms with Crippen LogP contribution in [0.15, 0.2) is 16.5 Å². The lowest BCUT2D eigenvalue weighted by Gasteiger charge is -2.42. The number of piperidine rings is 1. The SMILES string of the molecule is COC(=O)[C@@H]1C[C@@H](C(C)(C)C)CN(Cc2cc3cc(Cl)c(Cl)nc3o2)C1. The number of esters is 1. The van der Waals surface area contributed by atoms with E-state index in [1.165, 1.54) is 7.11 Å². The van der Waals surface area contributed by atoms with Gasteiger partial charge in [0.25, 0.3) is 0 Å². The number of carbonyl (C=O) groups excluding carboxylic acids is 1. The molecule has 26 heavy (non-hydrogen) atoms. The molecule has 0 unspecified atom stereocenters. The Kier molecular flexibility index (Phi) is 5.52. The number of halogens is 2. The lowest BCUT2D eigenvalue weighted by Crippen LogP contribution is -2.46. The molecule has 2 aromatic rings. The highest BCUT2D eigenvalue weighted by Crippen LogP contribution is 2.37. The zero-order valence-corrected chi connectivity index (χ0v) is 17.0. The average Bonchev–Trinajstić information content (AvgIpc) is 2.94. The first kappa shape index (κ1) is 19.5. The second-order valence-corrected chi connectivity index (χ2v) is 8.85. The van der Waals surface area contributed by atoms with Crippen LogP contribution < -0.4 is 0 Å². The van der Waals surface area contributed by atoms with Crippen LogP contribution in [0.3, 0.4) is 0 Å². The van der Waals surface area contributed by atoms with Gasteiger partial charge in [-0.2, -0.15) is 4.98 Å². The molecule has 7 heteroatoms. The lowest BCUT2D eigenvalue weighted by atomic mass is 9.73. The quantitative estimate of drug-likeness (QED) is 0.549. The minimum atomic E-state index is -0.145. The first-order valence-corrected chi connectivity index (χ1v) is 9.47. The van der Waals surface area contributed by atoms with Gasteiger partial charge in [0, 0.05) is 18.5 Å². The third-order valence-corrected chi connectivity index (χ3v) is 5.81. The van der Waals surface area contributed by atoms with Gasteiger partial charge in [0.2, 0.25) is 5.71 Å². The fourth-order valence-corrected chi connectivity index (χ4v) is 3.85. The standard InChI is InChI=1S/C19H24Cl2N2O3/c1-19(2,3)13-5-12(18(24)25-4)8-23(9-13)10-14-6-11-7-15(20)16(21)22-17(11)26-14/h6-7,12-13H,5,8-10H2,1-4H3/t12-,13-/m1/s1. The number of likely N-dealkylation sites (tertiary alicyclic amines) is 1. The zero-order valence-electron chi connectivity index (χ0n) is 15.5. The van der Waals surface area contributed by atoms with Gasteiger partial charge in [0.05, 0.1) is 24.6 Å². The highest BCUT2D eigenvalue weighted by Gasteiger charge is 2.37. The Morgan fingerprint density at radius 3 is 2.73 bits per heavy atom. The molecule has 5 nitrogen and oxygen atoms in total. The van der Waals surface area contributed by atoms with Crippen molar-refractivity contribution in [2.45, 2.75) is 33.7 Å². The van der Waals surface area contributed by atoms with Crippen molar-refractivity contribution in [1.29, 1.82) is 0 Å². The van der Waals surface area contributed by atoms with Crippen LogP contribution in [0.2, 0.25) is 10.2 Å². The number of ether oxygens (including phenoxy) is 1. The van der Waals surface area contributed by atoms with Gasteiger partial charge in [-0.15, -0.1) is 0 Å². The first-order valence-electron chi connectivity index (χ1n) is 8.72. The summed E-state index contributed by atoms with van der Waals surface area (Å²) in [4.78, 5) is 18.6. The van der Waals surface area contributed by atoms with Crippen LogP contribution in [0, 0.1) is 17.3 Å². The van der Waals surface area contributed by atoms with Crippen LogP contribution in [0.5, 0.6) is 0 Å². The van der Waals surface area contributed by atoms with Crippen molar-refractivity contribution in [3.8, 4) is 0 Å². The molecule has 1 fully saturated rings. The van der Waals surface area contributed by atoms with Crippen molar-refractivity contribution in [1.82, 2.24) is 9.88 Å². The van der Waals surface area contributed by atoms with Crippen molar-refractivity contribution < 1.29 is 13.9 Å². The number of rotatable bonds is 3. The summed E-state index contributed by atoms with van der Waals surface area (Å²) in [6.07, 6.45) is 0.847. The molecule has 0 bridgehead atoms. The Balaban J connectivity index is 1.81. The van der Waals surface area contributed by atoms with E-state index < -0.39 is 0 Å². The number of hydrogen-bond donors (Lipinski definition) is 0. The van der Waals surface area contributed by atoms with E-state index in [-0.39, 0.29) is 22.5 Å². The molecule has 1 saturated heterocycles. The summed E-state index contributed by atoms with van der Waals surface area (Å²) >= 11 is 12.0. The molecule has 0 aliphatic carbocycles. The lowest BCUT2D eigenvalue weighted by molar-refractivity contribution is -0.149. The molecule has 0 saturated carbocycles. The van der Waals surface area contributed by atoms with Gasteiger partial charge in [-0.3, -0.25) is 9.69 Å². The highest BCUT2D eigenvalue weighted by atomic mass is 35.5. The van der Waals surface area contributed by atoms with Gasteiger partial charge in [-0.1, -0.05) is 44.0 Å². The van der Waals surface area contributed by atoms with Crippen LogP contribution in [-0.4, -0.2) is 36.1 Å². The van der Waals surface area contributed by atoms with Crippen LogP contribution in [0.4, 0.5) is 0 Å². The van der Waals surface area contributed by atoms with E-state index in [4.69, 9.17) is 32.4 Å². The van der Waals surface area contributed by atoms with Crippen molar-refractivity contribution in [3.63, 3.8) is 0 Å². The molecule has 0 aromatic carbocycles. The normalized spacial score (nSPS) is 21.9. The Morgan fingerprint density at radius 2 is 2.08 bits per heavy atom. The van der Waals surface area contributed by atoms with Crippen LogP contribution in [0.25, 0.3) is 11.1 Å². The van der Waals surface area contributed by atoms with Crippen LogP contribution >= 0.6 is 23.2 Å². The summed E-state index contributed by atoms with van der Waals surface area (Å²) in [7, 11) is 1.45. The molecule has 1 aliphatic rings. The van der Waals surface area contributed by atoms with Crippen molar-refractivity contribution in [2.24, 2.45) is 17.3 Å². The summed E-state index contributed by atoms with van der Waals surface area (Å²) in [5.41, 5.74) is 0.588. The van der Waals surface area contributed by atoms with Crippen molar-refractivity contribution >= 4 is 40.3 Å². The van der Waals surface area contributed by atoms with E-state index in [9.17, 15) is 4.79 Å². The largest absolute Gasteiger partial charge is 0.469 e. The third-order valence-electron chi connectivity index (χ3n) is 5.14. The van der Waals surface area contributed by atoms with Gasteiger partial charge in [-0.25, -0.2) is 0 Å². The predicted octanol–water partition coefficient (Wildman–Crippen LogP) is 4.79. The molecule has 2 aromatic heterocycles. The number of fused-ring (bicyclic) bond motifs is 1. The maximum absolute atomic E-state index is 12.1. The second kappa shape index (κ2) is 7.37. The minimum absolute atomic E-state index is 0.113. The van der Waals surface area contributed by atoms with Crippen molar-refractivity contribution in [2.75, 3.05) is 20.2 Å². The molecule has 1 aliphatic heterocycles. The van der Waals surface area contributed by atoms with Gasteiger partial charge in [0.15, 0.2) is 5.15 Å². The number of nitrogens with zero attached hydrogens (tertiary/aromatic N) is 2. The topological polar surface area (TPSA) is 55.6 Å². The van der Waals surface area contributed by atoms with E-state index in [0.717, 1.165) is 24.1 Å². The predicted molar refractivity (Wildman–Crippen MR) is 102 cm³/mol. The number of furan rings is 1. The minimum Gasteiger partial charge on any atom is -0.469 e. The molecule has 142 valence electrons. The molecule has 2 atom stereocenters. The highest BCUT2D eigenvalue weighted by molar-refractivity contribution is 6.41. The first-order chi connectivity index (χ1) is 12.2. The Labute approximate surface area is 163 Å². The molecule has 0 radical (unpaired) electrons. The number of pyridine rings is 1. The molecule has 0 N–H and O–H groups in total. The van der Waals surface area contributed by atoms with Crippen LogP contribution in [-0.2, 0) is 16.1 Å². The summed E-state index contributed by atoms with van der Waals surface area (Å²) in [5, 5.41) is 1.46. The molecular weight excluding hydrogens is 375 g/mol. The van der Waals surface area contributed by atoms with Gasteiger partial charge < -0.3 is 9.15 Å². The van der Waals surface area contributed by atoms with Crippen LogP contribution in [0.1, 0.15) is 33.0 Å². The van der Waals surface area contributed by atoms with Gasteiger partial charge >= 0.3 is 5.97 Å². The number of methoxy groups -OCH3 is 1. The molecule has 3 rings (SSSR count). The molecule has 3 heterocycles. The van der Waals surface area contributed by atoms with Gasteiger partial charge in [0.1, 0.15) is 5.76 Å². The number of aromatic nitrogens is 1. The van der Waals surface area contributed by atoms with E-state index >= 15 is 0 Å². The third kappa shape index (κ3) is 4.16. The second-order valence-electron chi connectivity index (χ2n) is 8.08. The van der Waals surface area contributed by atoms with E-state index in [2.05, 4.69) is 30.7 Å². The number of hydrogen-bond acceptors (Lipinski definition) is 5. The van der Waals surface area contributed by atoms with E-state index in [0.29, 0.717) is 29.7 Å². The fourth-order valence-electron chi connectivity index (χ4n) is 3.56. The summed E-state index contributed by atoms with van der Waals surface area (Å²) < 4.78 is 10.8. The molecule has 0 spiro atoms. The monoisotopic (exact) mass is 398 g/mol. The summed E-state index contributed by atoms with van der Waals surface area (Å²) in [5.74, 6) is 0.911. The molecular formula is C19H24Cl2N2O3. The smallest absolute Gasteiger partial charge is 0.309 e. The maximum atomic E-state index is 12.1. The maximum Gasteiger partial charge on any atom is 0.309 e. The van der Waals surface area contributed by atoms with Gasteiger partial charge in [-0.05, 0) is 29.9 Å². The Morgan fingerprint density at radius 1 is 1.35 bits per heavy atom. The van der Waals surface area contributed by atoms with E-state index in [1.807, 2.05) is 6.07 Å². The van der Waals surface area contributed by atoms with E-state index in [1.54, 1.807) is 6.07 Å². The zero-order chi connectivity index (χ0) is 19.1. The summed E-state index contributed by atoms with van der Waals surface area (Å²) in [6.45, 7) is 8.81. The summed E-state index contributed by atoms with van der Waals surface area (Å²) in [6, 6.07) is 3.68. The fraction of sp³-hybridized carbons (Fsp3) is 0.579. The van der Waals surface area contributed by atoms with Crippen molar-refractivity contribution in [3.05, 3.63) is 28.1 Å². The average molecular weight is 399 g/mol. The Hall–Kier alpha value is -1.30. The number of carbonyl (C=O) groups is 1.